The van der Waals surface area contributed by atoms with Crippen LogP contribution < -0.4 is 4.72 Å². The smallest absolute Gasteiger partial charge is 0.261 e. The van der Waals surface area contributed by atoms with Gasteiger partial charge in [0, 0.05) is 42.5 Å². The van der Waals surface area contributed by atoms with Crippen LogP contribution in [-0.2, 0) is 16.6 Å². The molecule has 34 heavy (non-hydrogen) atoms. The number of carbonyl (C=O) groups is 1. The average molecular weight is 492 g/mol. The Balaban J connectivity index is 1.77. The van der Waals surface area contributed by atoms with E-state index >= 15 is 0 Å². The third-order valence-electron chi connectivity index (χ3n) is 4.99. The fraction of sp³-hybridized carbons (Fsp3) is 0.208. The number of nitrogens with one attached hydrogen (secondary N) is 1. The Morgan fingerprint density at radius 1 is 0.853 bits per heavy atom. The highest BCUT2D eigenvalue weighted by atomic mass is 32.2. The highest BCUT2D eigenvalue weighted by Crippen LogP contribution is 2.19. The molecular formula is C24H24F3N3O3S. The molecule has 0 radical (unpaired) electrons. The van der Waals surface area contributed by atoms with E-state index in [2.05, 4.69) is 4.72 Å². The van der Waals surface area contributed by atoms with Gasteiger partial charge < -0.3 is 9.80 Å². The molecule has 0 saturated carbocycles. The Morgan fingerprint density at radius 3 is 2.06 bits per heavy atom. The molecule has 0 heterocycles. The van der Waals surface area contributed by atoms with Crippen molar-refractivity contribution in [3.63, 3.8) is 0 Å². The van der Waals surface area contributed by atoms with Crippen LogP contribution >= 0.6 is 0 Å². The Kier molecular flexibility index (Phi) is 7.95. The molecule has 0 aromatic heterocycles. The molecule has 0 aliphatic rings. The molecule has 0 saturated heterocycles. The fourth-order valence-electron chi connectivity index (χ4n) is 3.12. The zero-order chi connectivity index (χ0) is 24.9. The van der Waals surface area contributed by atoms with Crippen LogP contribution in [0.25, 0.3) is 0 Å². The maximum Gasteiger partial charge on any atom is 0.261 e. The summed E-state index contributed by atoms with van der Waals surface area (Å²) in [5.41, 5.74) is 0.661. The standard InChI is InChI=1S/C24H24F3N3O3S/c1-29(2)13-14-30(16-18-3-6-20(26)15-23(18)27)24(31)17-4-9-21(10-5-17)28-34(32,33)22-11-7-19(25)8-12-22/h3-12,15,28H,13-14,16H2,1-2H3. The van der Waals surface area contributed by atoms with Gasteiger partial charge in [0.15, 0.2) is 0 Å². The van der Waals surface area contributed by atoms with E-state index in [0.29, 0.717) is 13.1 Å². The van der Waals surface area contributed by atoms with Gasteiger partial charge in [-0.1, -0.05) is 6.07 Å². The third kappa shape index (κ3) is 6.58. The molecule has 0 fully saturated rings. The van der Waals surface area contributed by atoms with Gasteiger partial charge in [0.25, 0.3) is 15.9 Å². The number of sulfonamides is 1. The lowest BCUT2D eigenvalue weighted by molar-refractivity contribution is 0.0730. The van der Waals surface area contributed by atoms with Gasteiger partial charge in [0.05, 0.1) is 4.90 Å². The summed E-state index contributed by atoms with van der Waals surface area (Å²) < 4.78 is 67.8. The van der Waals surface area contributed by atoms with Crippen molar-refractivity contribution in [2.24, 2.45) is 0 Å². The number of rotatable bonds is 9. The van der Waals surface area contributed by atoms with Crippen LogP contribution in [0.1, 0.15) is 15.9 Å². The predicted octanol–water partition coefficient (Wildman–Crippen LogP) is 4.11. The zero-order valence-corrected chi connectivity index (χ0v) is 19.4. The van der Waals surface area contributed by atoms with E-state index in [1.807, 2.05) is 19.0 Å². The molecule has 0 unspecified atom stereocenters. The monoisotopic (exact) mass is 491 g/mol. The highest BCUT2D eigenvalue weighted by Gasteiger charge is 2.19. The first kappa shape index (κ1) is 25.3. The van der Waals surface area contributed by atoms with Gasteiger partial charge in [-0.15, -0.1) is 0 Å². The van der Waals surface area contributed by atoms with Crippen molar-refractivity contribution in [1.82, 2.24) is 9.80 Å². The number of halogens is 3. The number of anilines is 1. The van der Waals surface area contributed by atoms with E-state index in [9.17, 15) is 26.4 Å². The summed E-state index contributed by atoms with van der Waals surface area (Å²) in [6, 6.07) is 13.3. The zero-order valence-electron chi connectivity index (χ0n) is 18.6. The lowest BCUT2D eigenvalue weighted by atomic mass is 10.1. The highest BCUT2D eigenvalue weighted by molar-refractivity contribution is 7.92. The number of hydrogen-bond donors (Lipinski definition) is 1. The second-order valence-corrected chi connectivity index (χ2v) is 9.58. The molecule has 3 aromatic rings. The van der Waals surface area contributed by atoms with Crippen LogP contribution in [0.2, 0.25) is 0 Å². The molecular weight excluding hydrogens is 467 g/mol. The minimum atomic E-state index is -3.94. The van der Waals surface area contributed by atoms with Gasteiger partial charge in [0.1, 0.15) is 17.5 Å². The molecule has 0 aliphatic carbocycles. The summed E-state index contributed by atoms with van der Waals surface area (Å²) in [5.74, 6) is -2.39. The maximum absolute atomic E-state index is 14.2. The first-order valence-electron chi connectivity index (χ1n) is 10.3. The van der Waals surface area contributed by atoms with Gasteiger partial charge in [-0.2, -0.15) is 0 Å². The van der Waals surface area contributed by atoms with Crippen LogP contribution in [0.4, 0.5) is 18.9 Å². The molecule has 3 aromatic carbocycles. The first-order chi connectivity index (χ1) is 16.0. The van der Waals surface area contributed by atoms with E-state index in [1.165, 1.54) is 35.2 Å². The maximum atomic E-state index is 14.2. The molecule has 1 N–H and O–H groups in total. The lowest BCUT2D eigenvalue weighted by Crippen LogP contribution is -2.36. The van der Waals surface area contributed by atoms with Gasteiger partial charge in [-0.25, -0.2) is 21.6 Å². The van der Waals surface area contributed by atoms with Crippen LogP contribution in [0.3, 0.4) is 0 Å². The minimum Gasteiger partial charge on any atom is -0.333 e. The predicted molar refractivity (Wildman–Crippen MR) is 123 cm³/mol. The molecule has 0 spiro atoms. The van der Waals surface area contributed by atoms with E-state index < -0.39 is 33.4 Å². The SMILES string of the molecule is CN(C)CCN(Cc1ccc(F)cc1F)C(=O)c1ccc(NS(=O)(=O)c2ccc(F)cc2)cc1. The lowest BCUT2D eigenvalue weighted by Gasteiger charge is -2.25. The number of nitrogens with zero attached hydrogens (tertiary/aromatic N) is 2. The van der Waals surface area contributed by atoms with Crippen LogP contribution in [0.15, 0.2) is 71.6 Å². The summed E-state index contributed by atoms with van der Waals surface area (Å²) >= 11 is 0. The number of amides is 1. The van der Waals surface area contributed by atoms with E-state index in [0.717, 1.165) is 36.4 Å². The summed E-state index contributed by atoms with van der Waals surface area (Å²) in [7, 11) is -0.264. The van der Waals surface area contributed by atoms with Gasteiger partial charge in [-0.3, -0.25) is 9.52 Å². The van der Waals surface area contributed by atoms with Crippen LogP contribution in [0, 0.1) is 17.5 Å². The molecule has 1 amide bonds. The Morgan fingerprint density at radius 2 is 1.47 bits per heavy atom. The Bertz CT molecular complexity index is 1250. The summed E-state index contributed by atoms with van der Waals surface area (Å²) in [5, 5.41) is 0. The summed E-state index contributed by atoms with van der Waals surface area (Å²) in [4.78, 5) is 16.3. The van der Waals surface area contributed by atoms with Gasteiger partial charge >= 0.3 is 0 Å². The molecule has 3 rings (SSSR count). The molecule has 10 heteroatoms. The molecule has 180 valence electrons. The van der Waals surface area contributed by atoms with Crippen molar-refractivity contribution in [2.75, 3.05) is 31.9 Å². The minimum absolute atomic E-state index is 0.0578. The topological polar surface area (TPSA) is 69.7 Å². The molecule has 0 atom stereocenters. The average Bonchev–Trinajstić information content (AvgIpc) is 2.78. The number of carbonyl (C=O) groups excluding carboxylic acids is 1. The van der Waals surface area contributed by atoms with Gasteiger partial charge in [-0.05, 0) is 68.7 Å². The largest absolute Gasteiger partial charge is 0.333 e. The molecule has 6 nitrogen and oxygen atoms in total. The van der Waals surface area contributed by atoms with E-state index in [-0.39, 0.29) is 28.3 Å². The second kappa shape index (κ2) is 10.7. The summed E-state index contributed by atoms with van der Waals surface area (Å²) in [6.07, 6.45) is 0. The third-order valence-corrected chi connectivity index (χ3v) is 6.39. The first-order valence-corrected chi connectivity index (χ1v) is 11.8. The second-order valence-electron chi connectivity index (χ2n) is 7.90. The van der Waals surface area contributed by atoms with Crippen molar-refractivity contribution in [1.29, 1.82) is 0 Å². The number of hydrogen-bond acceptors (Lipinski definition) is 4. The fourth-order valence-corrected chi connectivity index (χ4v) is 4.18. The van der Waals surface area contributed by atoms with E-state index in [4.69, 9.17) is 0 Å². The van der Waals surface area contributed by atoms with Crippen molar-refractivity contribution in [3.8, 4) is 0 Å². The van der Waals surface area contributed by atoms with Gasteiger partial charge in [0.2, 0.25) is 0 Å². The quantitative estimate of drug-likeness (QED) is 0.489. The molecule has 0 aliphatic heterocycles. The van der Waals surface area contributed by atoms with Crippen molar-refractivity contribution >= 4 is 21.6 Å². The Labute approximate surface area is 196 Å². The number of likely N-dealkylation sites (N-methyl/N-ethyl adjacent to an activating group) is 1. The Hall–Kier alpha value is -3.37. The molecule has 0 bridgehead atoms. The number of benzene rings is 3. The normalized spacial score (nSPS) is 11.5. The van der Waals surface area contributed by atoms with Crippen molar-refractivity contribution in [3.05, 3.63) is 95.3 Å². The van der Waals surface area contributed by atoms with Crippen LogP contribution in [0.5, 0.6) is 0 Å². The summed E-state index contributed by atoms with van der Waals surface area (Å²) in [6.45, 7) is 0.753. The van der Waals surface area contributed by atoms with E-state index in [1.54, 1.807) is 0 Å². The van der Waals surface area contributed by atoms with Crippen molar-refractivity contribution < 1.29 is 26.4 Å². The van der Waals surface area contributed by atoms with Crippen LogP contribution in [-0.4, -0.2) is 51.3 Å². The van der Waals surface area contributed by atoms with Crippen molar-refractivity contribution in [2.45, 2.75) is 11.4 Å².